The number of piperidine rings is 1. The monoisotopic (exact) mass is 298 g/mol. The van der Waals surface area contributed by atoms with Crippen LogP contribution in [-0.4, -0.2) is 38.9 Å². The molecule has 1 fully saturated rings. The standard InChI is InChI=1S/C17H22N4O/c1-12-10-13(2)16(14(3)11-12)17(22)20-7-4-15(5-8-20)21-9-6-18-19-21/h6,9-11,15H,4-5,7-8H2,1-3H3. The van der Waals surface area contributed by atoms with Gasteiger partial charge in [0.25, 0.3) is 5.91 Å². The first-order valence-corrected chi connectivity index (χ1v) is 7.79. The van der Waals surface area contributed by atoms with Crippen molar-refractivity contribution in [2.75, 3.05) is 13.1 Å². The molecule has 1 aromatic carbocycles. The number of benzene rings is 1. The number of rotatable bonds is 2. The predicted molar refractivity (Wildman–Crippen MR) is 84.8 cm³/mol. The molecule has 2 aromatic rings. The minimum Gasteiger partial charge on any atom is -0.338 e. The van der Waals surface area contributed by atoms with Crippen LogP contribution in [0.3, 0.4) is 0 Å². The second-order valence-electron chi connectivity index (χ2n) is 6.18. The van der Waals surface area contributed by atoms with Gasteiger partial charge in [0.1, 0.15) is 0 Å². The van der Waals surface area contributed by atoms with Gasteiger partial charge in [0.15, 0.2) is 0 Å². The van der Waals surface area contributed by atoms with Gasteiger partial charge in [-0.25, -0.2) is 4.68 Å². The van der Waals surface area contributed by atoms with Gasteiger partial charge in [0.05, 0.1) is 12.2 Å². The van der Waals surface area contributed by atoms with Crippen LogP contribution in [0.15, 0.2) is 24.5 Å². The molecule has 3 rings (SSSR count). The fourth-order valence-electron chi connectivity index (χ4n) is 3.42. The van der Waals surface area contributed by atoms with Crippen molar-refractivity contribution in [3.63, 3.8) is 0 Å². The van der Waals surface area contributed by atoms with Gasteiger partial charge in [0, 0.05) is 24.8 Å². The summed E-state index contributed by atoms with van der Waals surface area (Å²) in [5, 5.41) is 7.93. The van der Waals surface area contributed by atoms with Crippen molar-refractivity contribution in [1.82, 2.24) is 19.9 Å². The van der Waals surface area contributed by atoms with Gasteiger partial charge in [-0.3, -0.25) is 4.79 Å². The SMILES string of the molecule is Cc1cc(C)c(C(=O)N2CCC(n3ccnn3)CC2)c(C)c1. The van der Waals surface area contributed by atoms with E-state index in [0.29, 0.717) is 6.04 Å². The van der Waals surface area contributed by atoms with Gasteiger partial charge in [-0.1, -0.05) is 22.9 Å². The topological polar surface area (TPSA) is 51.0 Å². The summed E-state index contributed by atoms with van der Waals surface area (Å²) in [6, 6.07) is 4.52. The third-order valence-electron chi connectivity index (χ3n) is 4.46. The largest absolute Gasteiger partial charge is 0.338 e. The number of carbonyl (C=O) groups is 1. The lowest BCUT2D eigenvalue weighted by Crippen LogP contribution is -2.39. The van der Waals surface area contributed by atoms with E-state index in [1.54, 1.807) is 6.20 Å². The van der Waals surface area contributed by atoms with E-state index in [4.69, 9.17) is 0 Å². The minimum absolute atomic E-state index is 0.159. The summed E-state index contributed by atoms with van der Waals surface area (Å²) in [5.74, 6) is 0.159. The lowest BCUT2D eigenvalue weighted by atomic mass is 9.97. The van der Waals surface area contributed by atoms with E-state index in [1.165, 1.54) is 5.56 Å². The van der Waals surface area contributed by atoms with E-state index < -0.39 is 0 Å². The van der Waals surface area contributed by atoms with Crippen LogP contribution in [0.5, 0.6) is 0 Å². The van der Waals surface area contributed by atoms with Gasteiger partial charge in [0.2, 0.25) is 0 Å². The molecule has 1 amide bonds. The van der Waals surface area contributed by atoms with Crippen molar-refractivity contribution in [3.8, 4) is 0 Å². The van der Waals surface area contributed by atoms with Crippen LogP contribution in [0.1, 0.15) is 45.9 Å². The lowest BCUT2D eigenvalue weighted by molar-refractivity contribution is 0.0688. The molecule has 22 heavy (non-hydrogen) atoms. The van der Waals surface area contributed by atoms with Gasteiger partial charge < -0.3 is 4.90 Å². The Morgan fingerprint density at radius 2 is 1.77 bits per heavy atom. The summed E-state index contributed by atoms with van der Waals surface area (Å²) in [6.07, 6.45) is 5.46. The maximum Gasteiger partial charge on any atom is 0.254 e. The number of hydrogen-bond donors (Lipinski definition) is 0. The molecule has 1 aliphatic heterocycles. The number of aryl methyl sites for hydroxylation is 3. The molecule has 2 heterocycles. The van der Waals surface area contributed by atoms with E-state index >= 15 is 0 Å². The van der Waals surface area contributed by atoms with Crippen molar-refractivity contribution in [3.05, 3.63) is 46.8 Å². The number of likely N-dealkylation sites (tertiary alicyclic amines) is 1. The van der Waals surface area contributed by atoms with Gasteiger partial charge in [-0.15, -0.1) is 5.10 Å². The Bertz CT molecular complexity index is 647. The van der Waals surface area contributed by atoms with Crippen LogP contribution in [0.4, 0.5) is 0 Å². The van der Waals surface area contributed by atoms with Crippen LogP contribution in [0.25, 0.3) is 0 Å². The summed E-state index contributed by atoms with van der Waals surface area (Å²) in [6.45, 7) is 7.66. The third kappa shape index (κ3) is 2.75. The molecule has 0 radical (unpaired) electrons. The highest BCUT2D eigenvalue weighted by Crippen LogP contribution is 2.25. The van der Waals surface area contributed by atoms with Gasteiger partial charge >= 0.3 is 0 Å². The molecular formula is C17H22N4O. The second-order valence-corrected chi connectivity index (χ2v) is 6.18. The summed E-state index contributed by atoms with van der Waals surface area (Å²) in [4.78, 5) is 14.8. The first-order chi connectivity index (χ1) is 10.6. The molecule has 0 spiro atoms. The lowest BCUT2D eigenvalue weighted by Gasteiger charge is -2.32. The third-order valence-corrected chi connectivity index (χ3v) is 4.46. The van der Waals surface area contributed by atoms with Crippen LogP contribution in [-0.2, 0) is 0 Å². The van der Waals surface area contributed by atoms with E-state index in [1.807, 2.05) is 29.6 Å². The van der Waals surface area contributed by atoms with Crippen LogP contribution in [0, 0.1) is 20.8 Å². The van der Waals surface area contributed by atoms with E-state index in [0.717, 1.165) is 42.6 Å². The van der Waals surface area contributed by atoms with Crippen molar-refractivity contribution in [2.45, 2.75) is 39.7 Å². The van der Waals surface area contributed by atoms with Crippen LogP contribution < -0.4 is 0 Å². The van der Waals surface area contributed by atoms with E-state index in [2.05, 4.69) is 29.4 Å². The van der Waals surface area contributed by atoms with Gasteiger partial charge in [-0.05, 0) is 44.7 Å². The molecule has 5 heteroatoms. The second kappa shape index (κ2) is 5.91. The predicted octanol–water partition coefficient (Wildman–Crippen LogP) is 2.68. The maximum absolute atomic E-state index is 12.8. The van der Waals surface area contributed by atoms with Crippen LogP contribution in [0.2, 0.25) is 0 Å². The summed E-state index contributed by atoms with van der Waals surface area (Å²) < 4.78 is 1.91. The number of hydrogen-bond acceptors (Lipinski definition) is 3. The Morgan fingerprint density at radius 1 is 1.14 bits per heavy atom. The molecule has 0 aliphatic carbocycles. The molecule has 1 aliphatic rings. The highest BCUT2D eigenvalue weighted by Gasteiger charge is 2.26. The first kappa shape index (κ1) is 14.8. The zero-order valence-corrected chi connectivity index (χ0v) is 13.4. The van der Waals surface area contributed by atoms with Crippen molar-refractivity contribution >= 4 is 5.91 Å². The minimum atomic E-state index is 0.159. The maximum atomic E-state index is 12.8. The normalized spacial score (nSPS) is 16.0. The fraction of sp³-hybridized carbons (Fsp3) is 0.471. The van der Waals surface area contributed by atoms with Crippen molar-refractivity contribution in [1.29, 1.82) is 0 Å². The number of nitrogens with zero attached hydrogens (tertiary/aromatic N) is 4. The average molecular weight is 298 g/mol. The summed E-state index contributed by atoms with van der Waals surface area (Å²) in [5.41, 5.74) is 4.21. The zero-order chi connectivity index (χ0) is 15.7. The fourth-order valence-corrected chi connectivity index (χ4v) is 3.42. The summed E-state index contributed by atoms with van der Waals surface area (Å²) >= 11 is 0. The molecule has 116 valence electrons. The van der Waals surface area contributed by atoms with E-state index in [9.17, 15) is 4.79 Å². The molecule has 1 aromatic heterocycles. The van der Waals surface area contributed by atoms with Crippen molar-refractivity contribution < 1.29 is 4.79 Å². The molecule has 1 saturated heterocycles. The van der Waals surface area contributed by atoms with Gasteiger partial charge in [-0.2, -0.15) is 0 Å². The Balaban J connectivity index is 1.73. The Kier molecular flexibility index (Phi) is 3.96. The quantitative estimate of drug-likeness (QED) is 0.856. The summed E-state index contributed by atoms with van der Waals surface area (Å²) in [7, 11) is 0. The molecular weight excluding hydrogens is 276 g/mol. The zero-order valence-electron chi connectivity index (χ0n) is 13.4. The Hall–Kier alpha value is -2.17. The Labute approximate surface area is 130 Å². The smallest absolute Gasteiger partial charge is 0.254 e. The number of carbonyl (C=O) groups excluding carboxylic acids is 1. The van der Waals surface area contributed by atoms with Crippen molar-refractivity contribution in [2.24, 2.45) is 0 Å². The number of aromatic nitrogens is 3. The molecule has 5 nitrogen and oxygen atoms in total. The average Bonchev–Trinajstić information content (AvgIpc) is 3.00. The molecule has 0 saturated carbocycles. The highest BCUT2D eigenvalue weighted by atomic mass is 16.2. The molecule has 0 N–H and O–H groups in total. The first-order valence-electron chi connectivity index (χ1n) is 7.79. The molecule has 0 bridgehead atoms. The van der Waals surface area contributed by atoms with Crippen LogP contribution >= 0.6 is 0 Å². The molecule has 0 atom stereocenters. The molecule has 0 unspecified atom stereocenters. The Morgan fingerprint density at radius 3 is 2.32 bits per heavy atom. The highest BCUT2D eigenvalue weighted by molar-refractivity contribution is 5.97. The number of amides is 1. The van der Waals surface area contributed by atoms with E-state index in [-0.39, 0.29) is 5.91 Å².